The molecule has 96 valence electrons. The second-order valence-electron chi connectivity index (χ2n) is 3.82. The Morgan fingerprint density at radius 1 is 1.56 bits per heavy atom. The summed E-state index contributed by atoms with van der Waals surface area (Å²) in [4.78, 5) is 24.2. The van der Waals surface area contributed by atoms with E-state index in [9.17, 15) is 9.59 Å². The largest absolute Gasteiger partial charge is 0.448 e. The molecule has 0 spiro atoms. The first-order valence-corrected chi connectivity index (χ1v) is 5.70. The minimum atomic E-state index is -0.472. The molecule has 0 aromatic heterocycles. The number of carbonyl (C=O) groups excluding carboxylic acids is 2. The Morgan fingerprint density at radius 2 is 2.33 bits per heavy atom. The maximum atomic E-state index is 11.7. The highest BCUT2D eigenvalue weighted by molar-refractivity contribution is 6.33. The lowest BCUT2D eigenvalue weighted by molar-refractivity contribution is -0.116. The highest BCUT2D eigenvalue weighted by Crippen LogP contribution is 2.22. The summed E-state index contributed by atoms with van der Waals surface area (Å²) in [6.45, 7) is 0.705. The molecule has 1 fully saturated rings. The molecule has 0 atom stereocenters. The number of amides is 2. The van der Waals surface area contributed by atoms with Crippen molar-refractivity contribution in [3.63, 3.8) is 0 Å². The Morgan fingerprint density at radius 3 is 2.94 bits per heavy atom. The molecule has 3 N–H and O–H groups in total. The zero-order valence-corrected chi connectivity index (χ0v) is 10.2. The molecule has 1 saturated heterocycles. The number of anilines is 2. The lowest BCUT2D eigenvalue weighted by Crippen LogP contribution is -2.33. The minimum absolute atomic E-state index is 0.0403. The highest BCUT2D eigenvalue weighted by atomic mass is 35.5. The summed E-state index contributed by atoms with van der Waals surface area (Å²) in [5.74, 6) is -0.310. The summed E-state index contributed by atoms with van der Waals surface area (Å²) in [6, 6.07) is 4.79. The summed E-state index contributed by atoms with van der Waals surface area (Å²) in [5, 5.41) is 3.06. The molecule has 1 heterocycles. The number of nitrogens with one attached hydrogen (secondary N) is 1. The van der Waals surface area contributed by atoms with Gasteiger partial charge in [0.15, 0.2) is 0 Å². The van der Waals surface area contributed by atoms with E-state index in [1.54, 1.807) is 18.2 Å². The summed E-state index contributed by atoms with van der Waals surface area (Å²) in [6.07, 6.45) is -0.472. The fourth-order valence-corrected chi connectivity index (χ4v) is 1.68. The Bertz CT molecular complexity index is 492. The second kappa shape index (κ2) is 5.14. The molecule has 0 aliphatic carbocycles. The van der Waals surface area contributed by atoms with Crippen LogP contribution in [-0.4, -0.2) is 36.6 Å². The van der Waals surface area contributed by atoms with E-state index in [4.69, 9.17) is 22.1 Å². The number of cyclic esters (lactones) is 1. The molecule has 7 heteroatoms. The van der Waals surface area contributed by atoms with Crippen LogP contribution in [0.3, 0.4) is 0 Å². The van der Waals surface area contributed by atoms with E-state index in [1.165, 1.54) is 4.90 Å². The number of carbonyl (C=O) groups is 2. The molecule has 2 amide bonds. The number of nitrogen functional groups attached to an aromatic ring is 1. The zero-order chi connectivity index (χ0) is 13.1. The first kappa shape index (κ1) is 12.5. The molecule has 6 nitrogen and oxygen atoms in total. The van der Waals surface area contributed by atoms with Crippen LogP contribution in [0.5, 0.6) is 0 Å². The molecule has 1 aliphatic heterocycles. The number of hydrogen-bond donors (Lipinski definition) is 2. The van der Waals surface area contributed by atoms with Crippen LogP contribution in [0.2, 0.25) is 5.02 Å². The van der Waals surface area contributed by atoms with Gasteiger partial charge >= 0.3 is 6.09 Å². The number of ether oxygens (including phenoxy) is 1. The van der Waals surface area contributed by atoms with Gasteiger partial charge in [-0.05, 0) is 18.2 Å². The van der Waals surface area contributed by atoms with Crippen LogP contribution in [-0.2, 0) is 9.53 Å². The molecule has 1 aromatic carbocycles. The summed E-state index contributed by atoms with van der Waals surface area (Å²) >= 11 is 5.77. The SMILES string of the molecule is Nc1cc(NC(=O)CN2CCOC2=O)ccc1Cl. The van der Waals surface area contributed by atoms with Crippen molar-refractivity contribution in [3.05, 3.63) is 23.2 Å². The lowest BCUT2D eigenvalue weighted by atomic mass is 10.3. The Balaban J connectivity index is 1.94. The molecule has 0 bridgehead atoms. The van der Waals surface area contributed by atoms with Crippen LogP contribution in [0.1, 0.15) is 0 Å². The molecule has 1 aromatic rings. The topological polar surface area (TPSA) is 84.7 Å². The lowest BCUT2D eigenvalue weighted by Gasteiger charge is -2.12. The molecular weight excluding hydrogens is 258 g/mol. The van der Waals surface area contributed by atoms with E-state index in [0.717, 1.165) is 0 Å². The second-order valence-corrected chi connectivity index (χ2v) is 4.23. The fraction of sp³-hybridized carbons (Fsp3) is 0.273. The van der Waals surface area contributed by atoms with Crippen LogP contribution in [0.25, 0.3) is 0 Å². The van der Waals surface area contributed by atoms with Crippen LogP contribution >= 0.6 is 11.6 Å². The van der Waals surface area contributed by atoms with Crippen molar-refractivity contribution in [3.8, 4) is 0 Å². The smallest absolute Gasteiger partial charge is 0.410 e. The average molecular weight is 270 g/mol. The quantitative estimate of drug-likeness (QED) is 0.811. The van der Waals surface area contributed by atoms with E-state index < -0.39 is 6.09 Å². The predicted octanol–water partition coefficient (Wildman–Crippen LogP) is 1.31. The van der Waals surface area contributed by atoms with Gasteiger partial charge in [0.05, 0.1) is 17.3 Å². The third kappa shape index (κ3) is 2.84. The standard InChI is InChI=1S/C11H12ClN3O3/c12-8-2-1-7(5-9(8)13)14-10(16)6-15-3-4-18-11(15)17/h1-2,5H,3-4,6,13H2,(H,14,16). The van der Waals surface area contributed by atoms with Crippen molar-refractivity contribution >= 4 is 35.0 Å². The van der Waals surface area contributed by atoms with Crippen molar-refractivity contribution in [2.24, 2.45) is 0 Å². The molecule has 0 radical (unpaired) electrons. The van der Waals surface area contributed by atoms with E-state index in [0.29, 0.717) is 29.5 Å². The molecule has 2 rings (SSSR count). The van der Waals surface area contributed by atoms with Gasteiger partial charge in [0, 0.05) is 5.69 Å². The summed E-state index contributed by atoms with van der Waals surface area (Å²) < 4.78 is 4.72. The highest BCUT2D eigenvalue weighted by Gasteiger charge is 2.24. The predicted molar refractivity (Wildman–Crippen MR) is 67.4 cm³/mol. The maximum absolute atomic E-state index is 11.7. The molecule has 18 heavy (non-hydrogen) atoms. The molecule has 0 unspecified atom stereocenters. The molecule has 1 aliphatic rings. The van der Waals surface area contributed by atoms with Crippen molar-refractivity contribution < 1.29 is 14.3 Å². The van der Waals surface area contributed by atoms with Crippen molar-refractivity contribution in [1.82, 2.24) is 4.90 Å². The average Bonchev–Trinajstić information content (AvgIpc) is 2.70. The molecule has 0 saturated carbocycles. The van der Waals surface area contributed by atoms with Crippen LogP contribution in [0.4, 0.5) is 16.2 Å². The maximum Gasteiger partial charge on any atom is 0.410 e. The van der Waals surface area contributed by atoms with Gasteiger partial charge in [0.2, 0.25) is 5.91 Å². The van der Waals surface area contributed by atoms with Crippen molar-refractivity contribution in [1.29, 1.82) is 0 Å². The van der Waals surface area contributed by atoms with Gasteiger partial charge in [0.25, 0.3) is 0 Å². The fourth-order valence-electron chi connectivity index (χ4n) is 1.56. The number of hydrogen-bond acceptors (Lipinski definition) is 4. The monoisotopic (exact) mass is 269 g/mol. The molecular formula is C11H12ClN3O3. The van der Waals surface area contributed by atoms with E-state index in [2.05, 4.69) is 5.32 Å². The third-order valence-corrected chi connectivity index (χ3v) is 2.80. The van der Waals surface area contributed by atoms with E-state index in [-0.39, 0.29) is 12.5 Å². The summed E-state index contributed by atoms with van der Waals surface area (Å²) in [7, 11) is 0. The number of halogens is 1. The Hall–Kier alpha value is -1.95. The van der Waals surface area contributed by atoms with Gasteiger partial charge in [-0.15, -0.1) is 0 Å². The van der Waals surface area contributed by atoms with Crippen molar-refractivity contribution in [2.45, 2.75) is 0 Å². The van der Waals surface area contributed by atoms with Gasteiger partial charge in [-0.1, -0.05) is 11.6 Å². The van der Waals surface area contributed by atoms with Gasteiger partial charge in [-0.25, -0.2) is 4.79 Å². The first-order chi connectivity index (χ1) is 8.56. The van der Waals surface area contributed by atoms with Gasteiger partial charge in [0.1, 0.15) is 13.2 Å². The number of nitrogens with two attached hydrogens (primary N) is 1. The zero-order valence-electron chi connectivity index (χ0n) is 9.48. The van der Waals surface area contributed by atoms with E-state index >= 15 is 0 Å². The summed E-state index contributed by atoms with van der Waals surface area (Å²) in [5.41, 5.74) is 6.54. The van der Waals surface area contributed by atoms with Crippen LogP contribution < -0.4 is 11.1 Å². The number of benzene rings is 1. The van der Waals surface area contributed by atoms with Gasteiger partial charge < -0.3 is 15.8 Å². The first-order valence-electron chi connectivity index (χ1n) is 5.33. The van der Waals surface area contributed by atoms with Crippen LogP contribution in [0, 0.1) is 0 Å². The van der Waals surface area contributed by atoms with E-state index in [1.807, 2.05) is 0 Å². The van der Waals surface area contributed by atoms with Gasteiger partial charge in [-0.3, -0.25) is 9.69 Å². The number of nitrogens with zero attached hydrogens (tertiary/aromatic N) is 1. The number of rotatable bonds is 3. The minimum Gasteiger partial charge on any atom is -0.448 e. The van der Waals surface area contributed by atoms with Gasteiger partial charge in [-0.2, -0.15) is 0 Å². The Labute approximate surface area is 109 Å². The van der Waals surface area contributed by atoms with Crippen LogP contribution in [0.15, 0.2) is 18.2 Å². The van der Waals surface area contributed by atoms with Crippen molar-refractivity contribution in [2.75, 3.05) is 30.7 Å². The normalized spacial score (nSPS) is 14.5. The Kier molecular flexibility index (Phi) is 3.57. The third-order valence-electron chi connectivity index (χ3n) is 2.46.